The van der Waals surface area contributed by atoms with Crippen LogP contribution in [0.15, 0.2) is 45.5 Å². The lowest BCUT2D eigenvalue weighted by Gasteiger charge is -2.12. The van der Waals surface area contributed by atoms with Crippen LogP contribution >= 0.6 is 11.6 Å². The van der Waals surface area contributed by atoms with Crippen LogP contribution in [0.4, 0.5) is 5.69 Å². The summed E-state index contributed by atoms with van der Waals surface area (Å²) in [6.07, 6.45) is 1.50. The summed E-state index contributed by atoms with van der Waals surface area (Å²) in [5, 5.41) is 6.74. The van der Waals surface area contributed by atoms with Gasteiger partial charge in [-0.2, -0.15) is 0 Å². The summed E-state index contributed by atoms with van der Waals surface area (Å²) in [6.45, 7) is 0. The number of furan rings is 1. The zero-order valence-electron chi connectivity index (χ0n) is 12.8. The van der Waals surface area contributed by atoms with Gasteiger partial charge in [0.15, 0.2) is 11.5 Å². The molecule has 1 N–H and O–H groups in total. The minimum atomic E-state index is -0.476. The zero-order chi connectivity index (χ0) is 17.1. The highest BCUT2D eigenvalue weighted by molar-refractivity contribution is 6.32. The summed E-state index contributed by atoms with van der Waals surface area (Å²) in [5.74, 6) is 1.19. The van der Waals surface area contributed by atoms with Crippen molar-refractivity contribution in [1.29, 1.82) is 0 Å². The van der Waals surface area contributed by atoms with Gasteiger partial charge in [0, 0.05) is 12.1 Å². The van der Waals surface area contributed by atoms with Gasteiger partial charge >= 0.3 is 0 Å². The fraction of sp³-hybridized carbons (Fsp3) is 0.125. The number of hydrogen-bond acceptors (Lipinski definition) is 6. The first-order chi connectivity index (χ1) is 11.6. The molecule has 0 bridgehead atoms. The Balaban J connectivity index is 1.83. The third-order valence-corrected chi connectivity index (χ3v) is 3.52. The van der Waals surface area contributed by atoms with Gasteiger partial charge in [0.2, 0.25) is 5.76 Å². The first kappa shape index (κ1) is 15.9. The van der Waals surface area contributed by atoms with Crippen molar-refractivity contribution < 1.29 is 23.2 Å². The van der Waals surface area contributed by atoms with Crippen molar-refractivity contribution in [3.63, 3.8) is 0 Å². The maximum atomic E-state index is 12.3. The molecule has 24 heavy (non-hydrogen) atoms. The van der Waals surface area contributed by atoms with Gasteiger partial charge in [-0.1, -0.05) is 16.8 Å². The number of rotatable bonds is 5. The molecule has 0 unspecified atom stereocenters. The van der Waals surface area contributed by atoms with E-state index in [-0.39, 0.29) is 5.69 Å². The van der Waals surface area contributed by atoms with Crippen LogP contribution in [0.3, 0.4) is 0 Å². The molecule has 0 fully saturated rings. The lowest BCUT2D eigenvalue weighted by atomic mass is 10.2. The summed E-state index contributed by atoms with van der Waals surface area (Å²) in [5.41, 5.74) is 0.478. The van der Waals surface area contributed by atoms with Gasteiger partial charge in [0.25, 0.3) is 5.91 Å². The van der Waals surface area contributed by atoms with Crippen LogP contribution in [0.2, 0.25) is 5.02 Å². The topological polar surface area (TPSA) is 86.7 Å². The van der Waals surface area contributed by atoms with Crippen molar-refractivity contribution in [2.45, 2.75) is 0 Å². The van der Waals surface area contributed by atoms with Crippen LogP contribution in [0.25, 0.3) is 11.5 Å². The zero-order valence-corrected chi connectivity index (χ0v) is 13.6. The van der Waals surface area contributed by atoms with Gasteiger partial charge in [-0.15, -0.1) is 0 Å². The molecular formula is C16H13ClN2O5. The molecular weight excluding hydrogens is 336 g/mol. The molecule has 0 aliphatic carbocycles. The van der Waals surface area contributed by atoms with E-state index in [2.05, 4.69) is 10.5 Å². The Morgan fingerprint density at radius 3 is 2.62 bits per heavy atom. The number of amides is 1. The average molecular weight is 349 g/mol. The third kappa shape index (κ3) is 3.07. The molecule has 2 heterocycles. The smallest absolute Gasteiger partial charge is 0.277 e. The standard InChI is InChI=1S/C16H13ClN2O5/c1-21-13-8-14(22-2)10(6-9(13)17)18-16(20)11-7-15(24-19-11)12-4-3-5-23-12/h3-8H,1-2H3,(H,18,20). The number of hydrogen-bond donors (Lipinski definition) is 1. The largest absolute Gasteiger partial charge is 0.495 e. The number of carbonyl (C=O) groups excluding carboxylic acids is 1. The van der Waals surface area contributed by atoms with Crippen LogP contribution in [0, 0.1) is 0 Å². The molecule has 3 rings (SSSR count). The van der Waals surface area contributed by atoms with E-state index in [4.69, 9.17) is 30.0 Å². The second-order valence-corrected chi connectivity index (χ2v) is 5.10. The second-order valence-electron chi connectivity index (χ2n) is 4.69. The van der Waals surface area contributed by atoms with Crippen molar-refractivity contribution in [1.82, 2.24) is 5.16 Å². The normalized spacial score (nSPS) is 10.5. The molecule has 3 aromatic rings. The Morgan fingerprint density at radius 1 is 1.17 bits per heavy atom. The molecule has 0 atom stereocenters. The van der Waals surface area contributed by atoms with Gasteiger partial charge in [0.05, 0.1) is 31.2 Å². The summed E-state index contributed by atoms with van der Waals surface area (Å²) < 4.78 is 20.6. The van der Waals surface area contributed by atoms with Gasteiger partial charge in [-0.25, -0.2) is 0 Å². The molecule has 1 aromatic carbocycles. The van der Waals surface area contributed by atoms with Crippen molar-refractivity contribution in [3.05, 3.63) is 47.3 Å². The van der Waals surface area contributed by atoms with Crippen molar-refractivity contribution in [2.75, 3.05) is 19.5 Å². The number of methoxy groups -OCH3 is 2. The fourth-order valence-electron chi connectivity index (χ4n) is 2.06. The van der Waals surface area contributed by atoms with Crippen molar-refractivity contribution in [3.8, 4) is 23.0 Å². The number of halogens is 1. The van der Waals surface area contributed by atoms with E-state index in [1.807, 2.05) is 0 Å². The molecule has 2 aromatic heterocycles. The molecule has 8 heteroatoms. The maximum absolute atomic E-state index is 12.3. The molecule has 7 nitrogen and oxygen atoms in total. The number of carbonyl (C=O) groups is 1. The van der Waals surface area contributed by atoms with Crippen molar-refractivity contribution >= 4 is 23.2 Å². The van der Waals surface area contributed by atoms with Crippen LogP contribution in [-0.2, 0) is 0 Å². The Hall–Kier alpha value is -2.93. The summed E-state index contributed by atoms with van der Waals surface area (Å²) >= 11 is 6.08. The summed E-state index contributed by atoms with van der Waals surface area (Å²) in [6, 6.07) is 8.00. The molecule has 0 spiro atoms. The maximum Gasteiger partial charge on any atom is 0.277 e. The minimum Gasteiger partial charge on any atom is -0.495 e. The quantitative estimate of drug-likeness (QED) is 0.753. The highest BCUT2D eigenvalue weighted by Crippen LogP contribution is 2.36. The fourth-order valence-corrected chi connectivity index (χ4v) is 2.30. The van der Waals surface area contributed by atoms with Crippen LogP contribution in [0.1, 0.15) is 10.5 Å². The lowest BCUT2D eigenvalue weighted by molar-refractivity contribution is 0.101. The van der Waals surface area contributed by atoms with E-state index in [1.165, 1.54) is 32.6 Å². The predicted octanol–water partition coefficient (Wildman–Crippen LogP) is 3.86. The SMILES string of the molecule is COc1cc(OC)c(NC(=O)c2cc(-c3ccco3)on2)cc1Cl. The van der Waals surface area contributed by atoms with Crippen molar-refractivity contribution in [2.24, 2.45) is 0 Å². The minimum absolute atomic E-state index is 0.0930. The highest BCUT2D eigenvalue weighted by Gasteiger charge is 2.18. The molecule has 0 saturated carbocycles. The first-order valence-electron chi connectivity index (χ1n) is 6.86. The Bertz CT molecular complexity index is 857. The molecule has 0 radical (unpaired) electrons. The van der Waals surface area contributed by atoms with Gasteiger partial charge < -0.3 is 23.7 Å². The van der Waals surface area contributed by atoms with E-state index in [0.717, 1.165) is 0 Å². The Kier molecular flexibility index (Phi) is 4.43. The Morgan fingerprint density at radius 2 is 1.96 bits per heavy atom. The molecule has 0 saturated heterocycles. The highest BCUT2D eigenvalue weighted by atomic mass is 35.5. The molecule has 1 amide bonds. The number of nitrogens with zero attached hydrogens (tertiary/aromatic N) is 1. The van der Waals surface area contributed by atoms with E-state index in [0.29, 0.717) is 33.7 Å². The van der Waals surface area contributed by atoms with E-state index in [9.17, 15) is 4.79 Å². The molecule has 0 aliphatic rings. The first-order valence-corrected chi connectivity index (χ1v) is 7.23. The number of ether oxygens (including phenoxy) is 2. The summed E-state index contributed by atoms with van der Waals surface area (Å²) in [4.78, 5) is 12.3. The van der Waals surface area contributed by atoms with Crippen LogP contribution in [-0.4, -0.2) is 25.3 Å². The van der Waals surface area contributed by atoms with E-state index in [1.54, 1.807) is 18.2 Å². The lowest BCUT2D eigenvalue weighted by Crippen LogP contribution is -2.13. The summed E-state index contributed by atoms with van der Waals surface area (Å²) in [7, 11) is 2.97. The number of anilines is 1. The number of nitrogens with one attached hydrogen (secondary N) is 1. The van der Waals surface area contributed by atoms with E-state index >= 15 is 0 Å². The second kappa shape index (κ2) is 6.67. The third-order valence-electron chi connectivity index (χ3n) is 3.23. The van der Waals surface area contributed by atoms with E-state index < -0.39 is 5.91 Å². The predicted molar refractivity (Wildman–Crippen MR) is 86.7 cm³/mol. The van der Waals surface area contributed by atoms with Gasteiger partial charge in [-0.3, -0.25) is 4.79 Å². The Labute approximate surface area is 142 Å². The monoisotopic (exact) mass is 348 g/mol. The molecule has 124 valence electrons. The van der Waals surface area contributed by atoms with Crippen LogP contribution < -0.4 is 14.8 Å². The number of aromatic nitrogens is 1. The van der Waals surface area contributed by atoms with Gasteiger partial charge in [-0.05, 0) is 18.2 Å². The molecule has 0 aliphatic heterocycles. The average Bonchev–Trinajstić information content (AvgIpc) is 3.26. The number of benzene rings is 1. The van der Waals surface area contributed by atoms with Gasteiger partial charge in [0.1, 0.15) is 11.5 Å². The van der Waals surface area contributed by atoms with Crippen LogP contribution in [0.5, 0.6) is 11.5 Å².